The molecule has 36 heavy (non-hydrogen) atoms. The van der Waals surface area contributed by atoms with E-state index in [-0.39, 0.29) is 18.9 Å². The van der Waals surface area contributed by atoms with Gasteiger partial charge in [0.05, 0.1) is 19.6 Å². The highest BCUT2D eigenvalue weighted by molar-refractivity contribution is 6.01. The number of anilines is 1. The van der Waals surface area contributed by atoms with Gasteiger partial charge in [-0.2, -0.15) is 0 Å². The summed E-state index contributed by atoms with van der Waals surface area (Å²) in [5.41, 5.74) is 5.77. The highest BCUT2D eigenvalue weighted by atomic mass is 16.6. The molecular formula is C26H31N3O7. The Hall–Kier alpha value is -3.95. The number of nitrogens with zero attached hydrogens (tertiary/aromatic N) is 1. The molecule has 1 saturated heterocycles. The predicted octanol–water partition coefficient (Wildman–Crippen LogP) is 2.71. The van der Waals surface area contributed by atoms with Crippen LogP contribution in [0.4, 0.5) is 5.69 Å². The van der Waals surface area contributed by atoms with E-state index in [1.54, 1.807) is 36.4 Å². The fourth-order valence-electron chi connectivity index (χ4n) is 3.96. The van der Waals surface area contributed by atoms with E-state index < -0.39 is 17.7 Å². The summed E-state index contributed by atoms with van der Waals surface area (Å²) in [6.07, 6.45) is 0.930. The molecule has 1 unspecified atom stereocenters. The Morgan fingerprint density at radius 1 is 1.06 bits per heavy atom. The molecule has 1 atom stereocenters. The number of hydrazine groups is 1. The summed E-state index contributed by atoms with van der Waals surface area (Å²) in [7, 11) is 1.50. The van der Waals surface area contributed by atoms with E-state index in [4.69, 9.17) is 18.9 Å². The van der Waals surface area contributed by atoms with Gasteiger partial charge in [-0.15, -0.1) is 0 Å². The van der Waals surface area contributed by atoms with Crippen LogP contribution in [0.3, 0.4) is 0 Å². The van der Waals surface area contributed by atoms with Gasteiger partial charge >= 0.3 is 0 Å². The maximum atomic E-state index is 12.7. The fraction of sp³-hybridized carbons (Fsp3) is 0.423. The van der Waals surface area contributed by atoms with Crippen molar-refractivity contribution in [2.24, 2.45) is 11.8 Å². The summed E-state index contributed by atoms with van der Waals surface area (Å²) < 4.78 is 22.2. The number of hydrogen-bond donors (Lipinski definition) is 2. The molecule has 192 valence electrons. The van der Waals surface area contributed by atoms with Gasteiger partial charge in [0.25, 0.3) is 5.91 Å². The first kappa shape index (κ1) is 25.2. The van der Waals surface area contributed by atoms with E-state index >= 15 is 0 Å². The standard InChI is InChI=1S/C26H31N3O7/c1-16(2)8-9-34-20-6-4-17(12-22(20)33-3)25(31)27-28-26(32)18-13-24(30)29(15-18)19-5-7-21-23(14-19)36-11-10-35-21/h4-7,12,14,16,18H,8-11,13,15H2,1-3H3,(H,27,31)(H,28,32). The van der Waals surface area contributed by atoms with Crippen LogP contribution in [0, 0.1) is 11.8 Å². The minimum Gasteiger partial charge on any atom is -0.493 e. The quantitative estimate of drug-likeness (QED) is 0.539. The number of carbonyl (C=O) groups excluding carboxylic acids is 3. The van der Waals surface area contributed by atoms with Crippen molar-refractivity contribution < 1.29 is 33.3 Å². The van der Waals surface area contributed by atoms with Gasteiger partial charge in [-0.1, -0.05) is 13.8 Å². The van der Waals surface area contributed by atoms with Crippen LogP contribution < -0.4 is 34.7 Å². The molecule has 1 fully saturated rings. The molecule has 0 aromatic heterocycles. The molecule has 2 aliphatic heterocycles. The van der Waals surface area contributed by atoms with Gasteiger partial charge in [-0.3, -0.25) is 25.2 Å². The Bertz CT molecular complexity index is 1130. The zero-order valence-electron chi connectivity index (χ0n) is 20.7. The summed E-state index contributed by atoms with van der Waals surface area (Å²) in [6, 6.07) is 10.1. The number of benzene rings is 2. The number of ether oxygens (including phenoxy) is 4. The van der Waals surface area contributed by atoms with Crippen molar-refractivity contribution in [1.29, 1.82) is 0 Å². The van der Waals surface area contributed by atoms with Crippen LogP contribution in [0.1, 0.15) is 37.0 Å². The van der Waals surface area contributed by atoms with Gasteiger partial charge in [0.1, 0.15) is 13.2 Å². The highest BCUT2D eigenvalue weighted by Gasteiger charge is 2.36. The lowest BCUT2D eigenvalue weighted by molar-refractivity contribution is -0.126. The second kappa shape index (κ2) is 11.2. The Morgan fingerprint density at radius 3 is 2.58 bits per heavy atom. The number of fused-ring (bicyclic) bond motifs is 1. The van der Waals surface area contributed by atoms with E-state index in [0.29, 0.717) is 60.0 Å². The van der Waals surface area contributed by atoms with Crippen LogP contribution in [0.15, 0.2) is 36.4 Å². The van der Waals surface area contributed by atoms with E-state index in [0.717, 1.165) is 6.42 Å². The van der Waals surface area contributed by atoms with Gasteiger partial charge in [0, 0.05) is 30.3 Å². The molecular weight excluding hydrogens is 466 g/mol. The molecule has 2 aromatic rings. The minimum absolute atomic E-state index is 0.0341. The van der Waals surface area contributed by atoms with Gasteiger partial charge in [-0.05, 0) is 42.7 Å². The van der Waals surface area contributed by atoms with Gasteiger partial charge < -0.3 is 23.8 Å². The molecule has 0 radical (unpaired) electrons. The number of nitrogens with one attached hydrogen (secondary N) is 2. The van der Waals surface area contributed by atoms with Crippen molar-refractivity contribution in [1.82, 2.24) is 10.9 Å². The summed E-state index contributed by atoms with van der Waals surface area (Å²) >= 11 is 0. The lowest BCUT2D eigenvalue weighted by atomic mass is 10.1. The predicted molar refractivity (Wildman–Crippen MR) is 131 cm³/mol. The monoisotopic (exact) mass is 497 g/mol. The van der Waals surface area contributed by atoms with Gasteiger partial charge in [0.15, 0.2) is 23.0 Å². The van der Waals surface area contributed by atoms with Gasteiger partial charge in [0.2, 0.25) is 11.8 Å². The molecule has 4 rings (SSSR count). The average molecular weight is 498 g/mol. The van der Waals surface area contributed by atoms with Crippen LogP contribution in [0.25, 0.3) is 0 Å². The van der Waals surface area contributed by atoms with E-state index in [9.17, 15) is 14.4 Å². The number of amides is 3. The second-order valence-electron chi connectivity index (χ2n) is 9.07. The molecule has 3 amide bonds. The lowest BCUT2D eigenvalue weighted by Crippen LogP contribution is -2.45. The first-order valence-electron chi connectivity index (χ1n) is 12.0. The Kier molecular flexibility index (Phi) is 7.82. The number of rotatable bonds is 8. The van der Waals surface area contributed by atoms with Crippen molar-refractivity contribution in [3.05, 3.63) is 42.0 Å². The molecule has 10 heteroatoms. The van der Waals surface area contributed by atoms with Crippen molar-refractivity contribution in [3.63, 3.8) is 0 Å². The largest absolute Gasteiger partial charge is 0.493 e. The molecule has 2 heterocycles. The molecule has 0 saturated carbocycles. The minimum atomic E-state index is -0.614. The van der Waals surface area contributed by atoms with Crippen LogP contribution >= 0.6 is 0 Å². The molecule has 0 bridgehead atoms. The Balaban J connectivity index is 1.32. The van der Waals surface area contributed by atoms with Crippen LogP contribution in [-0.4, -0.2) is 51.2 Å². The van der Waals surface area contributed by atoms with Crippen LogP contribution in [0.2, 0.25) is 0 Å². The summed E-state index contributed by atoms with van der Waals surface area (Å²) in [5.74, 6) is 0.915. The van der Waals surface area contributed by atoms with Crippen LogP contribution in [-0.2, 0) is 9.59 Å². The molecule has 0 aliphatic carbocycles. The zero-order valence-corrected chi connectivity index (χ0v) is 20.7. The third-order valence-corrected chi connectivity index (χ3v) is 6.01. The van der Waals surface area contributed by atoms with Gasteiger partial charge in [-0.25, -0.2) is 0 Å². The van der Waals surface area contributed by atoms with Crippen molar-refractivity contribution in [2.75, 3.05) is 38.4 Å². The number of carbonyl (C=O) groups is 3. The molecule has 2 N–H and O–H groups in total. The smallest absolute Gasteiger partial charge is 0.269 e. The summed E-state index contributed by atoms with van der Waals surface area (Å²) in [5, 5.41) is 0. The first-order chi connectivity index (χ1) is 17.4. The normalized spacial score (nSPS) is 16.6. The maximum Gasteiger partial charge on any atom is 0.269 e. The van der Waals surface area contributed by atoms with Crippen molar-refractivity contribution in [2.45, 2.75) is 26.7 Å². The molecule has 2 aromatic carbocycles. The SMILES string of the molecule is COc1cc(C(=O)NNC(=O)C2CC(=O)N(c3ccc4c(c3)OCCO4)C2)ccc1OCCC(C)C. The van der Waals surface area contributed by atoms with E-state index in [2.05, 4.69) is 24.7 Å². The highest BCUT2D eigenvalue weighted by Crippen LogP contribution is 2.36. The van der Waals surface area contributed by atoms with Crippen LogP contribution in [0.5, 0.6) is 23.0 Å². The van der Waals surface area contributed by atoms with Crippen molar-refractivity contribution in [3.8, 4) is 23.0 Å². The van der Waals surface area contributed by atoms with E-state index in [1.165, 1.54) is 12.0 Å². The first-order valence-corrected chi connectivity index (χ1v) is 12.0. The maximum absolute atomic E-state index is 12.7. The van der Waals surface area contributed by atoms with Crippen molar-refractivity contribution >= 4 is 23.4 Å². The molecule has 10 nitrogen and oxygen atoms in total. The fourth-order valence-corrected chi connectivity index (χ4v) is 3.96. The number of hydrogen-bond acceptors (Lipinski definition) is 7. The third kappa shape index (κ3) is 5.81. The zero-order chi connectivity index (χ0) is 25.7. The topological polar surface area (TPSA) is 115 Å². The third-order valence-electron chi connectivity index (χ3n) is 6.01. The molecule has 0 spiro atoms. The summed E-state index contributed by atoms with van der Waals surface area (Å²) in [6.45, 7) is 5.87. The summed E-state index contributed by atoms with van der Waals surface area (Å²) in [4.78, 5) is 39.4. The Labute approximate surface area is 209 Å². The van der Waals surface area contributed by atoms with E-state index in [1.807, 2.05) is 0 Å². The number of methoxy groups -OCH3 is 1. The average Bonchev–Trinajstić information content (AvgIpc) is 3.28. The second-order valence-corrected chi connectivity index (χ2v) is 9.07. The Morgan fingerprint density at radius 2 is 1.83 bits per heavy atom. The lowest BCUT2D eigenvalue weighted by Gasteiger charge is -2.22. The molecule has 2 aliphatic rings.